The van der Waals surface area contributed by atoms with E-state index in [9.17, 15) is 4.79 Å². The number of methoxy groups -OCH3 is 1. The van der Waals surface area contributed by atoms with Crippen LogP contribution in [0.25, 0.3) is 0 Å². The van der Waals surface area contributed by atoms with Gasteiger partial charge in [0, 0.05) is 24.4 Å². The Labute approximate surface area is 186 Å². The third kappa shape index (κ3) is 4.13. The fraction of sp³-hybridized carbons (Fsp3) is 0.280. The average Bonchev–Trinajstić information content (AvgIpc) is 3.47. The van der Waals surface area contributed by atoms with Gasteiger partial charge >= 0.3 is 0 Å². The van der Waals surface area contributed by atoms with E-state index in [-0.39, 0.29) is 11.9 Å². The van der Waals surface area contributed by atoms with Gasteiger partial charge in [0.1, 0.15) is 5.75 Å². The van der Waals surface area contributed by atoms with Gasteiger partial charge in [-0.05, 0) is 46.7 Å². The first-order valence-electron chi connectivity index (χ1n) is 10.6. The molecule has 158 valence electrons. The van der Waals surface area contributed by atoms with Gasteiger partial charge in [-0.2, -0.15) is 5.10 Å². The zero-order valence-corrected chi connectivity index (χ0v) is 18.3. The normalized spacial score (nSPS) is 18.5. The van der Waals surface area contributed by atoms with Crippen molar-refractivity contribution in [3.05, 3.63) is 87.6 Å². The fourth-order valence-corrected chi connectivity index (χ4v) is 5.23. The summed E-state index contributed by atoms with van der Waals surface area (Å²) in [5.41, 5.74) is 4.44. The van der Waals surface area contributed by atoms with Crippen LogP contribution in [-0.2, 0) is 17.8 Å². The highest BCUT2D eigenvalue weighted by Gasteiger charge is 2.34. The lowest BCUT2D eigenvalue weighted by Crippen LogP contribution is -2.40. The number of hydrogen-bond acceptors (Lipinski definition) is 5. The van der Waals surface area contributed by atoms with Gasteiger partial charge in [-0.1, -0.05) is 42.5 Å². The lowest BCUT2D eigenvalue weighted by Gasteiger charge is -2.29. The molecule has 3 aromatic rings. The van der Waals surface area contributed by atoms with Crippen LogP contribution in [0.1, 0.15) is 34.0 Å². The van der Waals surface area contributed by atoms with Gasteiger partial charge in [-0.25, -0.2) is 5.01 Å². The van der Waals surface area contributed by atoms with Crippen molar-refractivity contribution >= 4 is 23.0 Å². The molecule has 0 radical (unpaired) electrons. The van der Waals surface area contributed by atoms with Gasteiger partial charge in [0.2, 0.25) is 0 Å². The molecule has 5 nitrogen and oxygen atoms in total. The van der Waals surface area contributed by atoms with Crippen molar-refractivity contribution in [2.24, 2.45) is 5.10 Å². The minimum absolute atomic E-state index is 0.0467. The van der Waals surface area contributed by atoms with Gasteiger partial charge in [0.15, 0.2) is 0 Å². The number of rotatable bonds is 5. The number of hydrazone groups is 1. The van der Waals surface area contributed by atoms with Crippen LogP contribution in [0, 0.1) is 0 Å². The van der Waals surface area contributed by atoms with E-state index in [1.165, 1.54) is 10.4 Å². The van der Waals surface area contributed by atoms with Crippen molar-refractivity contribution in [2.75, 3.05) is 20.2 Å². The maximum Gasteiger partial charge on any atom is 0.257 e. The number of ether oxygens (including phenoxy) is 1. The predicted octanol–water partition coefficient (Wildman–Crippen LogP) is 4.49. The largest absolute Gasteiger partial charge is 0.497 e. The second-order valence-corrected chi connectivity index (χ2v) is 8.97. The minimum Gasteiger partial charge on any atom is -0.497 e. The molecule has 0 saturated carbocycles. The summed E-state index contributed by atoms with van der Waals surface area (Å²) in [7, 11) is 1.66. The second-order valence-electron chi connectivity index (χ2n) is 7.97. The molecule has 0 N–H and O–H groups in total. The second kappa shape index (κ2) is 8.65. The number of carbonyl (C=O) groups is 1. The Morgan fingerprint density at radius 2 is 1.94 bits per heavy atom. The van der Waals surface area contributed by atoms with Crippen molar-refractivity contribution < 1.29 is 9.53 Å². The van der Waals surface area contributed by atoms with Gasteiger partial charge < -0.3 is 4.74 Å². The summed E-state index contributed by atoms with van der Waals surface area (Å²) < 4.78 is 5.30. The molecule has 0 spiro atoms. The van der Waals surface area contributed by atoms with E-state index in [1.54, 1.807) is 12.1 Å². The monoisotopic (exact) mass is 431 g/mol. The predicted molar refractivity (Wildman–Crippen MR) is 123 cm³/mol. The Kier molecular flexibility index (Phi) is 5.57. The van der Waals surface area contributed by atoms with Crippen LogP contribution in [0.5, 0.6) is 5.75 Å². The summed E-state index contributed by atoms with van der Waals surface area (Å²) in [4.78, 5) is 17.1. The molecule has 1 aromatic heterocycles. The molecule has 1 unspecified atom stereocenters. The average molecular weight is 432 g/mol. The molecule has 5 rings (SSSR count). The van der Waals surface area contributed by atoms with E-state index in [4.69, 9.17) is 9.84 Å². The van der Waals surface area contributed by atoms with Crippen LogP contribution in [-0.4, -0.2) is 41.7 Å². The maximum absolute atomic E-state index is 13.4. The van der Waals surface area contributed by atoms with E-state index in [0.717, 1.165) is 42.1 Å². The molecule has 0 fully saturated rings. The molecule has 2 aliphatic heterocycles. The molecule has 0 saturated heterocycles. The Bertz CT molecular complexity index is 1090. The van der Waals surface area contributed by atoms with Crippen molar-refractivity contribution in [1.82, 2.24) is 9.91 Å². The fourth-order valence-electron chi connectivity index (χ4n) is 4.34. The smallest absolute Gasteiger partial charge is 0.257 e. The molecule has 31 heavy (non-hydrogen) atoms. The summed E-state index contributed by atoms with van der Waals surface area (Å²) in [5, 5.41) is 8.65. The van der Waals surface area contributed by atoms with Crippen LogP contribution < -0.4 is 4.74 Å². The van der Waals surface area contributed by atoms with Gasteiger partial charge in [-0.15, -0.1) is 11.3 Å². The molecule has 1 amide bonds. The van der Waals surface area contributed by atoms with E-state index >= 15 is 0 Å². The molecule has 1 atom stereocenters. The van der Waals surface area contributed by atoms with Crippen molar-refractivity contribution in [3.8, 4) is 5.75 Å². The first-order valence-corrected chi connectivity index (χ1v) is 11.5. The van der Waals surface area contributed by atoms with Gasteiger partial charge in [-0.3, -0.25) is 9.69 Å². The zero-order chi connectivity index (χ0) is 21.2. The summed E-state index contributed by atoms with van der Waals surface area (Å²) in [6.07, 6.45) is 1.72. The number of thiophene rings is 1. The standard InChI is InChI=1S/C25H25N3O2S/c1-30-21-9-7-19(8-10-21)23-15-22(18-5-3-2-4-6-18)26-28(23)25(29)17-27-13-11-24-20(16-27)12-14-31-24/h2-10,12,14,23H,11,13,15-17H2,1H3. The number of hydrogen-bond donors (Lipinski definition) is 0. The van der Waals surface area contributed by atoms with Crippen LogP contribution in [0.4, 0.5) is 0 Å². The van der Waals surface area contributed by atoms with Crippen LogP contribution in [0.3, 0.4) is 0 Å². The first kappa shape index (κ1) is 20.0. The van der Waals surface area contributed by atoms with E-state index in [1.807, 2.05) is 53.8 Å². The number of fused-ring (bicyclic) bond motifs is 1. The highest BCUT2D eigenvalue weighted by molar-refractivity contribution is 7.10. The molecule has 2 aliphatic rings. The lowest BCUT2D eigenvalue weighted by atomic mass is 9.98. The Balaban J connectivity index is 1.39. The molecule has 6 heteroatoms. The molecular weight excluding hydrogens is 406 g/mol. The highest BCUT2D eigenvalue weighted by atomic mass is 32.1. The summed E-state index contributed by atoms with van der Waals surface area (Å²) in [6.45, 7) is 2.13. The molecule has 0 aliphatic carbocycles. The quantitative estimate of drug-likeness (QED) is 0.598. The number of nitrogens with zero attached hydrogens (tertiary/aromatic N) is 3. The Morgan fingerprint density at radius 1 is 1.13 bits per heavy atom. The van der Waals surface area contributed by atoms with Crippen molar-refractivity contribution in [3.63, 3.8) is 0 Å². The van der Waals surface area contributed by atoms with E-state index in [2.05, 4.69) is 28.5 Å². The van der Waals surface area contributed by atoms with Crippen LogP contribution in [0.15, 0.2) is 71.1 Å². The van der Waals surface area contributed by atoms with Crippen LogP contribution >= 0.6 is 11.3 Å². The molecule has 0 bridgehead atoms. The highest BCUT2D eigenvalue weighted by Crippen LogP contribution is 2.34. The van der Waals surface area contributed by atoms with E-state index in [0.29, 0.717) is 13.0 Å². The van der Waals surface area contributed by atoms with Crippen molar-refractivity contribution in [1.29, 1.82) is 0 Å². The SMILES string of the molecule is COc1ccc(C2CC(c3ccccc3)=NN2C(=O)CN2CCc3sccc3C2)cc1. The summed E-state index contributed by atoms with van der Waals surface area (Å²) in [5.74, 6) is 0.856. The molecule has 3 heterocycles. The molecular formula is C25H25N3O2S. The number of carbonyl (C=O) groups excluding carboxylic acids is 1. The number of benzene rings is 2. The third-order valence-corrected chi connectivity index (χ3v) is 7.04. The Morgan fingerprint density at radius 3 is 2.71 bits per heavy atom. The van der Waals surface area contributed by atoms with Gasteiger partial charge in [0.05, 0.1) is 25.4 Å². The topological polar surface area (TPSA) is 45.1 Å². The van der Waals surface area contributed by atoms with E-state index < -0.39 is 0 Å². The van der Waals surface area contributed by atoms with Gasteiger partial charge in [0.25, 0.3) is 5.91 Å². The first-order chi connectivity index (χ1) is 15.2. The zero-order valence-electron chi connectivity index (χ0n) is 17.5. The summed E-state index contributed by atoms with van der Waals surface area (Å²) in [6, 6.07) is 20.2. The summed E-state index contributed by atoms with van der Waals surface area (Å²) >= 11 is 1.82. The Hall–Kier alpha value is -2.96. The maximum atomic E-state index is 13.4. The van der Waals surface area contributed by atoms with Crippen LogP contribution in [0.2, 0.25) is 0 Å². The third-order valence-electron chi connectivity index (χ3n) is 6.02. The minimum atomic E-state index is -0.102. The van der Waals surface area contributed by atoms with Crippen molar-refractivity contribution in [2.45, 2.75) is 25.4 Å². The number of amides is 1. The molecule has 2 aromatic carbocycles. The lowest BCUT2D eigenvalue weighted by molar-refractivity contribution is -0.134.